The van der Waals surface area contributed by atoms with Crippen molar-refractivity contribution in [3.8, 4) is 0 Å². The molecule has 8 heteroatoms. The first-order chi connectivity index (χ1) is 12.2. The van der Waals surface area contributed by atoms with Gasteiger partial charge in [0, 0.05) is 11.1 Å². The average Bonchev–Trinajstić information content (AvgIpc) is 3.01. The number of aliphatic hydroxyl groups is 1. The summed E-state index contributed by atoms with van der Waals surface area (Å²) < 4.78 is 0. The zero-order valence-corrected chi connectivity index (χ0v) is 14.5. The second kappa shape index (κ2) is 7.45. The van der Waals surface area contributed by atoms with Gasteiger partial charge in [0.25, 0.3) is 0 Å². The number of hydrazine groups is 1. The number of hydrogen-bond acceptors (Lipinski definition) is 8. The zero-order valence-electron chi connectivity index (χ0n) is 13.7. The SMILES string of the molecule is C=C/C(=C(O)\C=C\C=NN)N(N)c1ncnc2sc3c(c12)CCCC3. The van der Waals surface area contributed by atoms with Crippen LogP contribution in [0.3, 0.4) is 0 Å². The lowest BCUT2D eigenvalue weighted by atomic mass is 9.97. The van der Waals surface area contributed by atoms with E-state index in [9.17, 15) is 5.11 Å². The van der Waals surface area contributed by atoms with Crippen molar-refractivity contribution in [2.24, 2.45) is 16.8 Å². The third-order valence-corrected chi connectivity index (χ3v) is 5.30. The lowest BCUT2D eigenvalue weighted by Crippen LogP contribution is -2.31. The summed E-state index contributed by atoms with van der Waals surface area (Å²) in [4.78, 5) is 11.0. The molecule has 0 spiro atoms. The quantitative estimate of drug-likeness (QED) is 0.249. The fourth-order valence-corrected chi connectivity index (χ4v) is 4.19. The van der Waals surface area contributed by atoms with Crippen LogP contribution in [0.15, 0.2) is 47.7 Å². The molecule has 1 aliphatic rings. The highest BCUT2D eigenvalue weighted by Gasteiger charge is 2.23. The summed E-state index contributed by atoms with van der Waals surface area (Å²) >= 11 is 1.69. The molecule has 0 bridgehead atoms. The second-order valence-electron chi connectivity index (χ2n) is 5.59. The number of rotatable bonds is 5. The Kier molecular flexibility index (Phi) is 5.11. The van der Waals surface area contributed by atoms with Crippen molar-refractivity contribution in [1.29, 1.82) is 0 Å². The number of aromatic nitrogens is 2. The van der Waals surface area contributed by atoms with Crippen molar-refractivity contribution < 1.29 is 5.11 Å². The summed E-state index contributed by atoms with van der Waals surface area (Å²) in [5.74, 6) is 11.8. The minimum absolute atomic E-state index is 0.0618. The molecule has 1 aliphatic carbocycles. The van der Waals surface area contributed by atoms with E-state index in [2.05, 4.69) is 21.6 Å². The second-order valence-corrected chi connectivity index (χ2v) is 6.67. The van der Waals surface area contributed by atoms with E-state index < -0.39 is 0 Å². The van der Waals surface area contributed by atoms with Gasteiger partial charge in [0.05, 0.1) is 5.39 Å². The number of hydrazone groups is 1. The predicted molar refractivity (Wildman–Crippen MR) is 102 cm³/mol. The molecule has 0 fully saturated rings. The Bertz CT molecular complexity index is 883. The molecule has 3 rings (SSSR count). The van der Waals surface area contributed by atoms with Gasteiger partial charge in [0.2, 0.25) is 0 Å². The predicted octanol–water partition coefficient (Wildman–Crippen LogP) is 2.71. The largest absolute Gasteiger partial charge is 0.506 e. The summed E-state index contributed by atoms with van der Waals surface area (Å²) in [6.45, 7) is 3.74. The van der Waals surface area contributed by atoms with Crippen LogP contribution >= 0.6 is 11.3 Å². The van der Waals surface area contributed by atoms with E-state index in [0.29, 0.717) is 11.5 Å². The summed E-state index contributed by atoms with van der Waals surface area (Å²) in [5, 5.41) is 15.9. The molecule has 5 N–H and O–H groups in total. The number of hydrogen-bond donors (Lipinski definition) is 3. The van der Waals surface area contributed by atoms with Crippen molar-refractivity contribution in [1.82, 2.24) is 9.97 Å². The fraction of sp³-hybridized carbons (Fsp3) is 0.235. The molecule has 130 valence electrons. The number of aryl methyl sites for hydroxylation is 2. The van der Waals surface area contributed by atoms with Gasteiger partial charge < -0.3 is 10.9 Å². The Balaban J connectivity index is 2.10. The summed E-state index contributed by atoms with van der Waals surface area (Å²) in [6, 6.07) is 0. The number of nitrogens with two attached hydrogens (primary N) is 2. The van der Waals surface area contributed by atoms with Crippen LogP contribution in [0.4, 0.5) is 5.82 Å². The van der Waals surface area contributed by atoms with E-state index >= 15 is 0 Å². The van der Waals surface area contributed by atoms with Crippen LogP contribution in [0.2, 0.25) is 0 Å². The first-order valence-electron chi connectivity index (χ1n) is 7.93. The van der Waals surface area contributed by atoms with Crippen molar-refractivity contribution >= 4 is 33.6 Å². The normalized spacial score (nSPS) is 15.6. The van der Waals surface area contributed by atoms with E-state index in [-0.39, 0.29) is 5.76 Å². The summed E-state index contributed by atoms with van der Waals surface area (Å²) in [5.41, 5.74) is 1.60. The third kappa shape index (κ3) is 3.26. The van der Waals surface area contributed by atoms with Gasteiger partial charge in [-0.25, -0.2) is 15.8 Å². The molecule has 0 aromatic carbocycles. The van der Waals surface area contributed by atoms with Gasteiger partial charge in [-0.2, -0.15) is 5.10 Å². The maximum Gasteiger partial charge on any atom is 0.159 e. The topological polar surface area (TPSA) is 114 Å². The van der Waals surface area contributed by atoms with Crippen LogP contribution < -0.4 is 16.7 Å². The Morgan fingerprint density at radius 3 is 2.92 bits per heavy atom. The van der Waals surface area contributed by atoms with Crippen molar-refractivity contribution in [3.05, 3.63) is 53.0 Å². The lowest BCUT2D eigenvalue weighted by Gasteiger charge is -2.21. The van der Waals surface area contributed by atoms with E-state index in [0.717, 1.165) is 29.5 Å². The summed E-state index contributed by atoms with van der Waals surface area (Å²) in [6.07, 6.45) is 11.7. The lowest BCUT2D eigenvalue weighted by molar-refractivity contribution is 0.425. The van der Waals surface area contributed by atoms with Gasteiger partial charge in [0.15, 0.2) is 5.82 Å². The molecule has 2 aromatic rings. The van der Waals surface area contributed by atoms with Gasteiger partial charge in [-0.15, -0.1) is 11.3 Å². The first-order valence-corrected chi connectivity index (χ1v) is 8.74. The van der Waals surface area contributed by atoms with Crippen molar-refractivity contribution in [2.75, 3.05) is 5.01 Å². The van der Waals surface area contributed by atoms with Gasteiger partial charge >= 0.3 is 0 Å². The molecular weight excluding hydrogens is 336 g/mol. The Hall–Kier alpha value is -2.71. The number of fused-ring (bicyclic) bond motifs is 3. The number of anilines is 1. The maximum absolute atomic E-state index is 10.3. The minimum atomic E-state index is -0.0618. The van der Waals surface area contributed by atoms with Gasteiger partial charge in [-0.1, -0.05) is 6.58 Å². The monoisotopic (exact) mass is 356 g/mol. The molecule has 0 radical (unpaired) electrons. The molecule has 0 unspecified atom stereocenters. The average molecular weight is 356 g/mol. The maximum atomic E-state index is 10.3. The van der Waals surface area contributed by atoms with Crippen molar-refractivity contribution in [2.45, 2.75) is 25.7 Å². The molecule has 7 nitrogen and oxygen atoms in total. The minimum Gasteiger partial charge on any atom is -0.506 e. The van der Waals surface area contributed by atoms with Gasteiger partial charge in [-0.3, -0.25) is 5.01 Å². The highest BCUT2D eigenvalue weighted by Crippen LogP contribution is 2.39. The van der Waals surface area contributed by atoms with Crippen LogP contribution in [0.5, 0.6) is 0 Å². The van der Waals surface area contributed by atoms with E-state index in [4.69, 9.17) is 11.7 Å². The van der Waals surface area contributed by atoms with Crippen molar-refractivity contribution in [3.63, 3.8) is 0 Å². The Morgan fingerprint density at radius 2 is 2.16 bits per heavy atom. The molecule has 2 aromatic heterocycles. The molecule has 0 saturated heterocycles. The Labute approximate surface area is 149 Å². The highest BCUT2D eigenvalue weighted by molar-refractivity contribution is 7.19. The smallest absolute Gasteiger partial charge is 0.159 e. The Morgan fingerprint density at radius 1 is 1.36 bits per heavy atom. The first kappa shape index (κ1) is 17.1. The van der Waals surface area contributed by atoms with Gasteiger partial charge in [0.1, 0.15) is 22.6 Å². The number of nitrogens with zero attached hydrogens (tertiary/aromatic N) is 4. The summed E-state index contributed by atoms with van der Waals surface area (Å²) in [7, 11) is 0. The van der Waals surface area contributed by atoms with Gasteiger partial charge in [-0.05, 0) is 49.5 Å². The zero-order chi connectivity index (χ0) is 17.8. The molecule has 0 amide bonds. The van der Waals surface area contributed by atoms with Crippen LogP contribution in [-0.2, 0) is 12.8 Å². The molecular formula is C17H20N6OS. The van der Waals surface area contributed by atoms with E-state index in [1.807, 2.05) is 0 Å². The number of aliphatic hydroxyl groups excluding tert-OH is 1. The standard InChI is InChI=1S/C17H20N6OS/c1-2-12(13(24)7-5-9-22-18)23(19)16-15-11-6-3-4-8-14(11)25-17(15)21-10-20-16/h2,5,7,9-10,24H,1,3-4,6,8,18-19H2/b7-5+,13-12-,22-9?. The number of allylic oxidation sites excluding steroid dienone is 3. The van der Waals surface area contributed by atoms with Crippen LogP contribution in [0.1, 0.15) is 23.3 Å². The molecule has 25 heavy (non-hydrogen) atoms. The molecule has 0 aliphatic heterocycles. The molecule has 0 atom stereocenters. The van der Waals surface area contributed by atoms with Crippen LogP contribution in [0.25, 0.3) is 10.2 Å². The highest BCUT2D eigenvalue weighted by atomic mass is 32.1. The van der Waals surface area contributed by atoms with Crippen LogP contribution in [-0.4, -0.2) is 21.3 Å². The van der Waals surface area contributed by atoms with E-state index in [1.54, 1.807) is 11.3 Å². The number of thiophene rings is 1. The molecule has 0 saturated carbocycles. The third-order valence-electron chi connectivity index (χ3n) is 4.10. The fourth-order valence-electron chi connectivity index (χ4n) is 2.97. The van der Waals surface area contributed by atoms with E-state index in [1.165, 1.54) is 52.6 Å². The molecule has 2 heterocycles. The van der Waals surface area contributed by atoms with Crippen LogP contribution in [0, 0.1) is 0 Å².